The van der Waals surface area contributed by atoms with Gasteiger partial charge in [-0.05, 0) is 31.5 Å². The van der Waals surface area contributed by atoms with Crippen molar-refractivity contribution in [3.8, 4) is 0 Å². The molecule has 0 saturated carbocycles. The van der Waals surface area contributed by atoms with E-state index in [2.05, 4.69) is 30.9 Å². The predicted octanol–water partition coefficient (Wildman–Crippen LogP) is 4.34. The molecule has 0 aliphatic rings. The Balaban J connectivity index is 2.36. The molecule has 0 aromatic heterocycles. The summed E-state index contributed by atoms with van der Waals surface area (Å²) >= 11 is 6.31. The zero-order chi connectivity index (χ0) is 13.8. The molecule has 2 rings (SSSR count). The van der Waals surface area contributed by atoms with Crippen LogP contribution in [0.4, 0.5) is 11.4 Å². The second-order valence-electron chi connectivity index (χ2n) is 4.88. The van der Waals surface area contributed by atoms with Crippen LogP contribution in [0.5, 0.6) is 0 Å². The Kier molecular flexibility index (Phi) is 4.33. The van der Waals surface area contributed by atoms with Gasteiger partial charge in [0.25, 0.3) is 0 Å². The molecule has 3 heteroatoms. The van der Waals surface area contributed by atoms with E-state index in [0.717, 1.165) is 17.9 Å². The molecule has 0 bridgehead atoms. The fourth-order valence-electron chi connectivity index (χ4n) is 2.13. The number of rotatable bonds is 4. The minimum atomic E-state index is 0.322. The first-order valence-electron chi connectivity index (χ1n) is 6.44. The number of nitrogen functional groups attached to an aromatic ring is 1. The maximum Gasteiger partial charge on any atom is 0.0794 e. The van der Waals surface area contributed by atoms with Crippen molar-refractivity contribution in [3.05, 3.63) is 59.1 Å². The molecule has 0 atom stereocenters. The molecule has 0 amide bonds. The van der Waals surface area contributed by atoms with Crippen molar-refractivity contribution in [2.24, 2.45) is 0 Å². The fourth-order valence-corrected chi connectivity index (χ4v) is 2.43. The normalized spacial score (nSPS) is 10.7. The summed E-state index contributed by atoms with van der Waals surface area (Å²) in [7, 11) is 0. The number of benzene rings is 2. The third-order valence-corrected chi connectivity index (χ3v) is 3.43. The van der Waals surface area contributed by atoms with Crippen molar-refractivity contribution in [1.82, 2.24) is 0 Å². The fraction of sp³-hybridized carbons (Fsp3) is 0.250. The highest BCUT2D eigenvalue weighted by atomic mass is 35.5. The van der Waals surface area contributed by atoms with E-state index in [9.17, 15) is 0 Å². The second kappa shape index (κ2) is 5.98. The van der Waals surface area contributed by atoms with E-state index >= 15 is 0 Å². The van der Waals surface area contributed by atoms with Crippen LogP contribution in [-0.4, -0.2) is 6.04 Å². The Morgan fingerprint density at radius 3 is 2.32 bits per heavy atom. The maximum atomic E-state index is 6.31. The predicted molar refractivity (Wildman–Crippen MR) is 83.6 cm³/mol. The van der Waals surface area contributed by atoms with Gasteiger partial charge in [-0.25, -0.2) is 0 Å². The standard InChI is InChI=1S/C16H19ClN2/c1-12(2)19(11-13-7-4-3-5-8-13)16-14(17)9-6-10-15(16)18/h3-10,12H,11,18H2,1-2H3. The molecule has 2 N–H and O–H groups in total. The summed E-state index contributed by atoms with van der Waals surface area (Å²) < 4.78 is 0. The van der Waals surface area contributed by atoms with E-state index in [1.54, 1.807) is 0 Å². The van der Waals surface area contributed by atoms with Gasteiger partial charge in [0, 0.05) is 12.6 Å². The molecule has 0 aliphatic carbocycles. The third kappa shape index (κ3) is 3.21. The van der Waals surface area contributed by atoms with Crippen molar-refractivity contribution in [2.75, 3.05) is 10.6 Å². The van der Waals surface area contributed by atoms with E-state index in [4.69, 9.17) is 17.3 Å². The van der Waals surface area contributed by atoms with Crippen molar-refractivity contribution >= 4 is 23.0 Å². The lowest BCUT2D eigenvalue weighted by Gasteiger charge is -2.31. The molecule has 0 spiro atoms. The highest BCUT2D eigenvalue weighted by Crippen LogP contribution is 2.34. The molecule has 2 aromatic rings. The largest absolute Gasteiger partial charge is 0.397 e. The zero-order valence-corrected chi connectivity index (χ0v) is 12.1. The van der Waals surface area contributed by atoms with E-state index in [1.165, 1.54) is 5.56 Å². The molecular formula is C16H19ClN2. The van der Waals surface area contributed by atoms with Crippen LogP contribution in [-0.2, 0) is 6.54 Å². The molecule has 2 aromatic carbocycles. The lowest BCUT2D eigenvalue weighted by Crippen LogP contribution is -2.31. The van der Waals surface area contributed by atoms with Gasteiger partial charge in [0.05, 0.1) is 16.4 Å². The third-order valence-electron chi connectivity index (χ3n) is 3.12. The van der Waals surface area contributed by atoms with E-state index in [0.29, 0.717) is 11.1 Å². The lowest BCUT2D eigenvalue weighted by molar-refractivity contribution is 0.683. The Morgan fingerprint density at radius 2 is 1.74 bits per heavy atom. The van der Waals surface area contributed by atoms with Crippen LogP contribution < -0.4 is 10.6 Å². The molecule has 2 nitrogen and oxygen atoms in total. The summed E-state index contributed by atoms with van der Waals surface area (Å²) in [6, 6.07) is 16.3. The molecule has 0 heterocycles. The van der Waals surface area contributed by atoms with E-state index < -0.39 is 0 Å². The number of para-hydroxylation sites is 1. The van der Waals surface area contributed by atoms with Gasteiger partial charge in [0.2, 0.25) is 0 Å². The Hall–Kier alpha value is -1.67. The van der Waals surface area contributed by atoms with Gasteiger partial charge in [-0.1, -0.05) is 48.0 Å². The molecule has 19 heavy (non-hydrogen) atoms. The van der Waals surface area contributed by atoms with Crippen LogP contribution in [0.15, 0.2) is 48.5 Å². The van der Waals surface area contributed by atoms with Gasteiger partial charge in [0.15, 0.2) is 0 Å². The van der Waals surface area contributed by atoms with Gasteiger partial charge < -0.3 is 10.6 Å². The van der Waals surface area contributed by atoms with Crippen LogP contribution in [0.1, 0.15) is 19.4 Å². The average molecular weight is 275 g/mol. The minimum Gasteiger partial charge on any atom is -0.397 e. The van der Waals surface area contributed by atoms with Crippen LogP contribution in [0, 0.1) is 0 Å². The molecule has 100 valence electrons. The van der Waals surface area contributed by atoms with Crippen LogP contribution in [0.25, 0.3) is 0 Å². The minimum absolute atomic E-state index is 0.322. The first kappa shape index (κ1) is 13.8. The summed E-state index contributed by atoms with van der Waals surface area (Å²) in [5.41, 5.74) is 8.97. The Morgan fingerprint density at radius 1 is 1.05 bits per heavy atom. The summed E-state index contributed by atoms with van der Waals surface area (Å²) in [6.45, 7) is 5.09. The zero-order valence-electron chi connectivity index (χ0n) is 11.3. The van der Waals surface area contributed by atoms with Crippen LogP contribution in [0.3, 0.4) is 0 Å². The molecular weight excluding hydrogens is 256 g/mol. The van der Waals surface area contributed by atoms with Crippen LogP contribution in [0.2, 0.25) is 5.02 Å². The number of halogens is 1. The molecule has 0 aliphatic heterocycles. The first-order valence-corrected chi connectivity index (χ1v) is 6.82. The lowest BCUT2D eigenvalue weighted by atomic mass is 10.1. The highest BCUT2D eigenvalue weighted by Gasteiger charge is 2.16. The summed E-state index contributed by atoms with van der Waals surface area (Å²) in [4.78, 5) is 2.23. The smallest absolute Gasteiger partial charge is 0.0794 e. The van der Waals surface area contributed by atoms with Gasteiger partial charge in [0.1, 0.15) is 0 Å². The Bertz CT molecular complexity index is 517. The average Bonchev–Trinajstić information content (AvgIpc) is 2.38. The van der Waals surface area contributed by atoms with Gasteiger partial charge in [-0.2, -0.15) is 0 Å². The van der Waals surface area contributed by atoms with Crippen molar-refractivity contribution in [3.63, 3.8) is 0 Å². The van der Waals surface area contributed by atoms with Gasteiger partial charge in [-0.3, -0.25) is 0 Å². The number of nitrogens with zero attached hydrogens (tertiary/aromatic N) is 1. The monoisotopic (exact) mass is 274 g/mol. The summed E-state index contributed by atoms with van der Waals surface area (Å²) in [6.07, 6.45) is 0. The first-order chi connectivity index (χ1) is 9.09. The number of anilines is 2. The molecule has 0 unspecified atom stereocenters. The molecule has 0 saturated heterocycles. The number of hydrogen-bond acceptors (Lipinski definition) is 2. The van der Waals surface area contributed by atoms with E-state index in [-0.39, 0.29) is 0 Å². The number of hydrogen-bond donors (Lipinski definition) is 1. The SMILES string of the molecule is CC(C)N(Cc1ccccc1)c1c(N)cccc1Cl. The van der Waals surface area contributed by atoms with Crippen molar-refractivity contribution in [2.45, 2.75) is 26.4 Å². The highest BCUT2D eigenvalue weighted by molar-refractivity contribution is 6.34. The van der Waals surface area contributed by atoms with Gasteiger partial charge >= 0.3 is 0 Å². The second-order valence-corrected chi connectivity index (χ2v) is 5.29. The quantitative estimate of drug-likeness (QED) is 0.841. The van der Waals surface area contributed by atoms with Crippen molar-refractivity contribution in [1.29, 1.82) is 0 Å². The summed E-state index contributed by atoms with van der Waals surface area (Å²) in [5.74, 6) is 0. The van der Waals surface area contributed by atoms with E-state index in [1.807, 2.05) is 36.4 Å². The van der Waals surface area contributed by atoms with Crippen LogP contribution >= 0.6 is 11.6 Å². The Labute approximate surface area is 119 Å². The van der Waals surface area contributed by atoms with Gasteiger partial charge in [-0.15, -0.1) is 0 Å². The maximum absolute atomic E-state index is 6.31. The molecule has 0 radical (unpaired) electrons. The van der Waals surface area contributed by atoms with Crippen molar-refractivity contribution < 1.29 is 0 Å². The molecule has 0 fully saturated rings. The topological polar surface area (TPSA) is 29.3 Å². The number of nitrogens with two attached hydrogens (primary N) is 1. The summed E-state index contributed by atoms with van der Waals surface area (Å²) in [5, 5.41) is 0.699.